The van der Waals surface area contributed by atoms with E-state index in [2.05, 4.69) is 11.4 Å². The highest BCUT2D eigenvalue weighted by Gasteiger charge is 2.27. The molecule has 0 saturated carbocycles. The fourth-order valence-electron chi connectivity index (χ4n) is 0.604. The molecule has 0 radical (unpaired) electrons. The van der Waals surface area contributed by atoms with Gasteiger partial charge in [-0.25, -0.2) is 4.79 Å². The third kappa shape index (κ3) is 2.19. The average Bonchev–Trinajstić information content (AvgIpc) is 1.86. The van der Waals surface area contributed by atoms with Gasteiger partial charge in [0.15, 0.2) is 0 Å². The molecule has 10 heavy (non-hydrogen) atoms. The highest BCUT2D eigenvalue weighted by molar-refractivity contribution is 5.75. The van der Waals surface area contributed by atoms with Crippen LogP contribution in [-0.2, 0) is 9.63 Å². The van der Waals surface area contributed by atoms with Gasteiger partial charge in [0.2, 0.25) is 0 Å². The molecule has 0 spiro atoms. The largest absolute Gasteiger partial charge is 0.373 e. The van der Waals surface area contributed by atoms with Gasteiger partial charge in [-0.2, -0.15) is 5.90 Å². The zero-order chi connectivity index (χ0) is 8.20. The number of nitrogens with two attached hydrogens (primary N) is 1. The third-order valence-corrected chi connectivity index (χ3v) is 1.31. The van der Waals surface area contributed by atoms with Gasteiger partial charge >= 0.3 is 5.97 Å². The van der Waals surface area contributed by atoms with Crippen molar-refractivity contribution in [3.63, 3.8) is 0 Å². The lowest BCUT2D eigenvalue weighted by molar-refractivity contribution is -0.154. The minimum atomic E-state index is -0.545. The molecule has 0 heterocycles. The van der Waals surface area contributed by atoms with Crippen LogP contribution in [-0.4, -0.2) is 5.97 Å². The van der Waals surface area contributed by atoms with Gasteiger partial charge in [0.25, 0.3) is 0 Å². The van der Waals surface area contributed by atoms with Crippen LogP contribution in [0.4, 0.5) is 0 Å². The van der Waals surface area contributed by atoms with E-state index >= 15 is 0 Å². The minimum Gasteiger partial charge on any atom is -0.373 e. The lowest BCUT2D eigenvalue weighted by Gasteiger charge is -2.17. The summed E-state index contributed by atoms with van der Waals surface area (Å²) in [5, 5.41) is 0. The summed E-state index contributed by atoms with van der Waals surface area (Å²) in [5.41, 5.74) is -0.545. The molecule has 0 unspecified atom stereocenters. The van der Waals surface area contributed by atoms with Crippen molar-refractivity contribution in [2.24, 2.45) is 11.3 Å². The molecule has 0 aromatic heterocycles. The molecular weight excluding hydrogens is 130 g/mol. The first-order valence-corrected chi connectivity index (χ1v) is 3.06. The van der Waals surface area contributed by atoms with Crippen molar-refractivity contribution in [1.29, 1.82) is 0 Å². The van der Waals surface area contributed by atoms with E-state index in [0.29, 0.717) is 6.42 Å². The van der Waals surface area contributed by atoms with Crippen molar-refractivity contribution >= 4 is 5.97 Å². The topological polar surface area (TPSA) is 52.3 Å². The molecule has 0 saturated heterocycles. The van der Waals surface area contributed by atoms with Crippen LogP contribution in [0.1, 0.15) is 20.3 Å². The Morgan fingerprint density at radius 3 is 2.60 bits per heavy atom. The van der Waals surface area contributed by atoms with Gasteiger partial charge in [-0.05, 0) is 20.3 Å². The summed E-state index contributed by atoms with van der Waals surface area (Å²) in [5.74, 6) is 4.29. The molecule has 2 N–H and O–H groups in total. The quantitative estimate of drug-likeness (QED) is 0.473. The van der Waals surface area contributed by atoms with E-state index in [1.54, 1.807) is 19.9 Å². The first-order valence-electron chi connectivity index (χ1n) is 3.06. The predicted molar refractivity (Wildman–Crippen MR) is 38.9 cm³/mol. The average molecular weight is 143 g/mol. The molecular formula is C7H13NO2. The van der Waals surface area contributed by atoms with Crippen molar-refractivity contribution < 1.29 is 9.63 Å². The number of allylic oxidation sites excluding steroid dienone is 1. The van der Waals surface area contributed by atoms with Gasteiger partial charge in [0.1, 0.15) is 0 Å². The number of hydrogen-bond donors (Lipinski definition) is 1. The van der Waals surface area contributed by atoms with E-state index in [4.69, 9.17) is 5.90 Å². The number of carbonyl (C=O) groups is 1. The van der Waals surface area contributed by atoms with Crippen LogP contribution in [0.3, 0.4) is 0 Å². The Morgan fingerprint density at radius 1 is 1.80 bits per heavy atom. The molecule has 0 atom stereocenters. The summed E-state index contributed by atoms with van der Waals surface area (Å²) in [6.45, 7) is 7.02. The van der Waals surface area contributed by atoms with E-state index in [0.717, 1.165) is 0 Å². The van der Waals surface area contributed by atoms with Crippen LogP contribution in [0.25, 0.3) is 0 Å². The Balaban J connectivity index is 4.08. The summed E-state index contributed by atoms with van der Waals surface area (Å²) < 4.78 is 0. The zero-order valence-corrected chi connectivity index (χ0v) is 6.39. The van der Waals surface area contributed by atoms with Crippen molar-refractivity contribution in [3.05, 3.63) is 12.7 Å². The smallest absolute Gasteiger partial charge is 0.330 e. The maximum Gasteiger partial charge on any atom is 0.330 e. The van der Waals surface area contributed by atoms with Crippen molar-refractivity contribution in [2.75, 3.05) is 0 Å². The molecule has 0 aliphatic carbocycles. The molecule has 0 bridgehead atoms. The third-order valence-electron chi connectivity index (χ3n) is 1.31. The second-order valence-electron chi connectivity index (χ2n) is 2.78. The molecule has 0 fully saturated rings. The van der Waals surface area contributed by atoms with Gasteiger partial charge < -0.3 is 4.84 Å². The Labute approximate surface area is 60.8 Å². The van der Waals surface area contributed by atoms with Gasteiger partial charge in [-0.1, -0.05) is 6.08 Å². The fourth-order valence-corrected chi connectivity index (χ4v) is 0.604. The van der Waals surface area contributed by atoms with Crippen LogP contribution < -0.4 is 5.90 Å². The van der Waals surface area contributed by atoms with Crippen LogP contribution in [0.15, 0.2) is 12.7 Å². The molecule has 0 aliphatic heterocycles. The SMILES string of the molecule is C=CCC(C)(C)C(=O)ON. The van der Waals surface area contributed by atoms with Crippen LogP contribution in [0.2, 0.25) is 0 Å². The summed E-state index contributed by atoms with van der Waals surface area (Å²) in [4.78, 5) is 14.9. The van der Waals surface area contributed by atoms with E-state index in [1.807, 2.05) is 0 Å². The Bertz CT molecular complexity index is 141. The van der Waals surface area contributed by atoms with Crippen molar-refractivity contribution in [3.8, 4) is 0 Å². The Hall–Kier alpha value is -0.830. The zero-order valence-electron chi connectivity index (χ0n) is 6.39. The summed E-state index contributed by atoms with van der Waals surface area (Å²) >= 11 is 0. The first kappa shape index (κ1) is 9.17. The van der Waals surface area contributed by atoms with E-state index < -0.39 is 11.4 Å². The van der Waals surface area contributed by atoms with Crippen molar-refractivity contribution in [2.45, 2.75) is 20.3 Å². The number of carbonyl (C=O) groups excluding carboxylic acids is 1. The second kappa shape index (κ2) is 3.37. The maximum absolute atomic E-state index is 10.8. The molecule has 0 aromatic carbocycles. The maximum atomic E-state index is 10.8. The van der Waals surface area contributed by atoms with E-state index in [9.17, 15) is 4.79 Å². The molecule has 3 heteroatoms. The first-order chi connectivity index (χ1) is 4.54. The molecule has 3 nitrogen and oxygen atoms in total. The lowest BCUT2D eigenvalue weighted by atomic mass is 9.90. The Morgan fingerprint density at radius 2 is 2.30 bits per heavy atom. The standard InChI is InChI=1S/C7H13NO2/c1-4-5-7(2,3)6(9)10-8/h4H,1,5,8H2,2-3H3. The monoisotopic (exact) mass is 143 g/mol. The van der Waals surface area contributed by atoms with Crippen LogP contribution >= 0.6 is 0 Å². The van der Waals surface area contributed by atoms with Gasteiger partial charge in [-0.3, -0.25) is 0 Å². The lowest BCUT2D eigenvalue weighted by Crippen LogP contribution is -2.28. The molecule has 0 aliphatic rings. The van der Waals surface area contributed by atoms with E-state index in [-0.39, 0.29) is 0 Å². The highest BCUT2D eigenvalue weighted by atomic mass is 16.7. The number of rotatable bonds is 3. The summed E-state index contributed by atoms with van der Waals surface area (Å²) in [6.07, 6.45) is 2.24. The highest BCUT2D eigenvalue weighted by Crippen LogP contribution is 2.21. The van der Waals surface area contributed by atoms with Crippen LogP contribution in [0, 0.1) is 5.41 Å². The predicted octanol–water partition coefficient (Wildman–Crippen LogP) is 1.01. The van der Waals surface area contributed by atoms with Crippen molar-refractivity contribution in [1.82, 2.24) is 0 Å². The van der Waals surface area contributed by atoms with E-state index in [1.165, 1.54) is 0 Å². The molecule has 0 amide bonds. The normalized spacial score (nSPS) is 10.7. The minimum absolute atomic E-state index is 0.410. The van der Waals surface area contributed by atoms with Gasteiger partial charge in [0.05, 0.1) is 5.41 Å². The summed E-state index contributed by atoms with van der Waals surface area (Å²) in [7, 11) is 0. The molecule has 0 aromatic rings. The second-order valence-corrected chi connectivity index (χ2v) is 2.78. The molecule has 58 valence electrons. The fraction of sp³-hybridized carbons (Fsp3) is 0.571. The summed E-state index contributed by atoms with van der Waals surface area (Å²) in [6, 6.07) is 0. The van der Waals surface area contributed by atoms with Gasteiger partial charge in [0, 0.05) is 0 Å². The number of hydrogen-bond acceptors (Lipinski definition) is 3. The molecule has 0 rings (SSSR count). The Kier molecular flexibility index (Phi) is 3.09. The van der Waals surface area contributed by atoms with Gasteiger partial charge in [-0.15, -0.1) is 6.58 Å². The van der Waals surface area contributed by atoms with Crippen LogP contribution in [0.5, 0.6) is 0 Å².